The summed E-state index contributed by atoms with van der Waals surface area (Å²) in [5.74, 6) is 1.64. The summed E-state index contributed by atoms with van der Waals surface area (Å²) < 4.78 is 14.2. The van der Waals surface area contributed by atoms with Crippen molar-refractivity contribution in [3.05, 3.63) is 76.2 Å². The lowest BCUT2D eigenvalue weighted by molar-refractivity contribution is -0.0181. The fourth-order valence-corrected chi connectivity index (χ4v) is 7.28. The predicted molar refractivity (Wildman–Crippen MR) is 163 cm³/mol. The average Bonchev–Trinajstić information content (AvgIpc) is 3.52. The highest BCUT2D eigenvalue weighted by atomic mass is 35.5. The van der Waals surface area contributed by atoms with Gasteiger partial charge in [-0.25, -0.2) is 4.79 Å². The summed E-state index contributed by atoms with van der Waals surface area (Å²) >= 11 is 13.1. The predicted octanol–water partition coefficient (Wildman–Crippen LogP) is 7.92. The van der Waals surface area contributed by atoms with E-state index in [1.54, 1.807) is 4.68 Å². The zero-order valence-electron chi connectivity index (χ0n) is 23.6. The Kier molecular flexibility index (Phi) is 7.24. The third-order valence-corrected chi connectivity index (χ3v) is 9.54. The maximum Gasteiger partial charge on any atom is 0.322 e. The Morgan fingerprint density at radius 3 is 2.60 bits per heavy atom. The van der Waals surface area contributed by atoms with Crippen LogP contribution >= 0.6 is 23.2 Å². The molecule has 2 unspecified atom stereocenters. The number of piperidine rings is 1. The maximum atomic E-state index is 13.6. The number of amides is 2. The summed E-state index contributed by atoms with van der Waals surface area (Å²) in [7, 11) is 1.89. The monoisotopic (exact) mass is 605 g/mol. The number of benzene rings is 2. The normalized spacial score (nSPS) is 23.4. The zero-order chi connectivity index (χ0) is 29.0. The third-order valence-electron chi connectivity index (χ3n) is 8.91. The molecule has 218 valence electrons. The molecule has 2 aliphatic heterocycles. The van der Waals surface area contributed by atoms with Gasteiger partial charge in [-0.1, -0.05) is 53.5 Å². The summed E-state index contributed by atoms with van der Waals surface area (Å²) in [5.41, 5.74) is 5.08. The van der Waals surface area contributed by atoms with Crippen molar-refractivity contribution in [2.24, 2.45) is 13.0 Å². The first-order chi connectivity index (χ1) is 20.4. The number of hydrogen-bond donors (Lipinski definition) is 1. The molecule has 8 nitrogen and oxygen atoms in total. The van der Waals surface area contributed by atoms with Crippen LogP contribution in [0.25, 0.3) is 22.4 Å². The van der Waals surface area contributed by atoms with E-state index in [1.165, 1.54) is 0 Å². The number of nitrogens with zero attached hydrogens (tertiary/aromatic N) is 4. The highest BCUT2D eigenvalue weighted by Gasteiger charge is 2.47. The van der Waals surface area contributed by atoms with E-state index in [0.29, 0.717) is 39.7 Å². The largest absolute Gasteiger partial charge is 0.373 e. The van der Waals surface area contributed by atoms with Crippen LogP contribution in [0.3, 0.4) is 0 Å². The number of halogens is 2. The van der Waals surface area contributed by atoms with Gasteiger partial charge in [0.2, 0.25) is 0 Å². The molecule has 1 N–H and O–H groups in total. The minimum Gasteiger partial charge on any atom is -0.373 e. The molecule has 4 aromatic rings. The van der Waals surface area contributed by atoms with Crippen molar-refractivity contribution in [1.82, 2.24) is 19.8 Å². The molecule has 4 heterocycles. The molecule has 3 fully saturated rings. The van der Waals surface area contributed by atoms with E-state index in [4.69, 9.17) is 32.5 Å². The van der Waals surface area contributed by atoms with Crippen LogP contribution in [0.2, 0.25) is 10.0 Å². The van der Waals surface area contributed by atoms with Crippen molar-refractivity contribution in [3.63, 3.8) is 0 Å². The van der Waals surface area contributed by atoms with E-state index in [2.05, 4.69) is 22.5 Å². The molecule has 4 atom stereocenters. The number of anilines is 1. The molecular formula is C32H33Cl2N5O3. The van der Waals surface area contributed by atoms with Gasteiger partial charge in [-0.15, -0.1) is 0 Å². The SMILES string of the molecule is C[C@@H]1CC2C[C@H](OCc3c(-c4c(Cl)cccc4Cl)noc3C3CC3)CC1N2C(=O)Nc1cccc(-c2cnn(C)c2)c1. The minimum absolute atomic E-state index is 0.0272. The van der Waals surface area contributed by atoms with Gasteiger partial charge in [-0.2, -0.15) is 5.10 Å². The number of carbonyl (C=O) groups excluding carboxylic acids is 1. The Balaban J connectivity index is 1.05. The van der Waals surface area contributed by atoms with Crippen molar-refractivity contribution >= 4 is 34.9 Å². The lowest BCUT2D eigenvalue weighted by atomic mass is 9.97. The average molecular weight is 607 g/mol. The van der Waals surface area contributed by atoms with E-state index in [-0.39, 0.29) is 24.2 Å². The zero-order valence-corrected chi connectivity index (χ0v) is 25.1. The second kappa shape index (κ2) is 11.1. The molecule has 0 spiro atoms. The molecule has 2 aromatic carbocycles. The molecule has 2 aromatic heterocycles. The standard InChI is InChI=1S/C32H33Cl2N5O3/c1-18-11-23-13-24(41-17-25-30(37-42-31(25)19-9-10-19)29-26(33)7-4-8-27(29)34)14-28(18)39(23)32(40)36-22-6-3-5-20(12-22)21-15-35-38(2)16-21/h3-8,12,15-16,18-19,23-24,28H,9-11,13-14,17H2,1-2H3,(H,36,40)/t18-,23?,24+,28?/m1/s1. The van der Waals surface area contributed by atoms with Crippen LogP contribution in [-0.2, 0) is 18.4 Å². The van der Waals surface area contributed by atoms with E-state index in [9.17, 15) is 4.79 Å². The molecule has 0 radical (unpaired) electrons. The summed E-state index contributed by atoms with van der Waals surface area (Å²) in [5, 5.41) is 12.9. The van der Waals surface area contributed by atoms with Gasteiger partial charge >= 0.3 is 6.03 Å². The molecule has 2 bridgehead atoms. The van der Waals surface area contributed by atoms with Gasteiger partial charge in [0, 0.05) is 53.6 Å². The van der Waals surface area contributed by atoms with Gasteiger partial charge in [0.15, 0.2) is 0 Å². The lowest BCUT2D eigenvalue weighted by Gasteiger charge is -2.39. The maximum absolute atomic E-state index is 13.6. The van der Waals surface area contributed by atoms with E-state index < -0.39 is 0 Å². The van der Waals surface area contributed by atoms with Crippen molar-refractivity contribution in [1.29, 1.82) is 0 Å². The topological polar surface area (TPSA) is 85.4 Å². The molecule has 7 rings (SSSR count). The van der Waals surface area contributed by atoms with Crippen LogP contribution < -0.4 is 5.32 Å². The lowest BCUT2D eigenvalue weighted by Crippen LogP contribution is -2.51. The number of rotatable bonds is 7. The number of urea groups is 1. The minimum atomic E-state index is -0.0539. The van der Waals surface area contributed by atoms with Crippen LogP contribution in [0.4, 0.5) is 10.5 Å². The Labute approximate surface area is 254 Å². The number of aryl methyl sites for hydroxylation is 1. The number of carbonyl (C=O) groups is 1. The van der Waals surface area contributed by atoms with Gasteiger partial charge < -0.3 is 19.5 Å². The van der Waals surface area contributed by atoms with Crippen LogP contribution in [0.5, 0.6) is 0 Å². The second-order valence-electron chi connectivity index (χ2n) is 11.9. The first-order valence-corrected chi connectivity index (χ1v) is 15.3. The van der Waals surface area contributed by atoms with Gasteiger partial charge in [0.1, 0.15) is 11.5 Å². The molecule has 1 aliphatic carbocycles. The quantitative estimate of drug-likeness (QED) is 0.231. The second-order valence-corrected chi connectivity index (χ2v) is 12.7. The molecule has 2 amide bonds. The van der Waals surface area contributed by atoms with Crippen molar-refractivity contribution in [2.75, 3.05) is 5.32 Å². The van der Waals surface area contributed by atoms with Crippen LogP contribution in [0, 0.1) is 5.92 Å². The van der Waals surface area contributed by atoms with Gasteiger partial charge in [-0.05, 0) is 67.9 Å². The molecular weight excluding hydrogens is 573 g/mol. The van der Waals surface area contributed by atoms with Crippen molar-refractivity contribution < 1.29 is 14.1 Å². The molecule has 1 saturated carbocycles. The first kappa shape index (κ1) is 27.5. The Morgan fingerprint density at radius 2 is 1.88 bits per heavy atom. The summed E-state index contributed by atoms with van der Waals surface area (Å²) in [6.45, 7) is 2.61. The Hall–Kier alpha value is -3.33. The number of ether oxygens (including phenoxy) is 1. The molecule has 42 heavy (non-hydrogen) atoms. The summed E-state index contributed by atoms with van der Waals surface area (Å²) in [4.78, 5) is 15.6. The van der Waals surface area contributed by atoms with Gasteiger partial charge in [-0.3, -0.25) is 4.68 Å². The van der Waals surface area contributed by atoms with Gasteiger partial charge in [0.05, 0.1) is 29.0 Å². The number of fused-ring (bicyclic) bond motifs is 2. The number of nitrogens with one attached hydrogen (secondary N) is 1. The van der Waals surface area contributed by atoms with Crippen molar-refractivity contribution in [3.8, 4) is 22.4 Å². The van der Waals surface area contributed by atoms with E-state index in [1.807, 2.05) is 66.8 Å². The molecule has 3 aliphatic rings. The Morgan fingerprint density at radius 1 is 1.10 bits per heavy atom. The van der Waals surface area contributed by atoms with Crippen LogP contribution in [0.15, 0.2) is 59.4 Å². The van der Waals surface area contributed by atoms with E-state index in [0.717, 1.165) is 60.2 Å². The number of hydrogen-bond acceptors (Lipinski definition) is 5. The third kappa shape index (κ3) is 5.21. The highest BCUT2D eigenvalue weighted by molar-refractivity contribution is 6.39. The smallest absolute Gasteiger partial charge is 0.322 e. The van der Waals surface area contributed by atoms with Crippen LogP contribution in [0.1, 0.15) is 56.3 Å². The highest BCUT2D eigenvalue weighted by Crippen LogP contribution is 2.47. The summed E-state index contributed by atoms with van der Waals surface area (Å²) in [6, 6.07) is 13.5. The number of aromatic nitrogens is 3. The Bertz CT molecular complexity index is 1610. The fourth-order valence-electron chi connectivity index (χ4n) is 6.71. The molecule has 10 heteroatoms. The van der Waals surface area contributed by atoms with Crippen LogP contribution in [-0.4, -0.2) is 44.1 Å². The molecule has 2 saturated heterocycles. The fraction of sp³-hybridized carbons (Fsp3) is 0.406. The van der Waals surface area contributed by atoms with E-state index >= 15 is 0 Å². The van der Waals surface area contributed by atoms with Gasteiger partial charge in [0.25, 0.3) is 0 Å². The first-order valence-electron chi connectivity index (χ1n) is 14.6. The summed E-state index contributed by atoms with van der Waals surface area (Å²) in [6.07, 6.45) is 8.52. The van der Waals surface area contributed by atoms with Crippen molar-refractivity contribution in [2.45, 2.75) is 69.7 Å².